The highest BCUT2D eigenvalue weighted by Crippen LogP contribution is 2.41. The van der Waals surface area contributed by atoms with Crippen molar-refractivity contribution in [2.45, 2.75) is 24.2 Å². The quantitative estimate of drug-likeness (QED) is 0.532. The van der Waals surface area contributed by atoms with Crippen molar-refractivity contribution in [3.63, 3.8) is 0 Å². The summed E-state index contributed by atoms with van der Waals surface area (Å²) in [5.74, 6) is 0. The maximum atomic E-state index is 11.4. The van der Waals surface area contributed by atoms with Crippen molar-refractivity contribution < 1.29 is 13.0 Å². The van der Waals surface area contributed by atoms with E-state index < -0.39 is 15.5 Å². The van der Waals surface area contributed by atoms with Crippen LogP contribution in [-0.2, 0) is 15.5 Å². The van der Waals surface area contributed by atoms with Gasteiger partial charge in [0.05, 0.1) is 16.3 Å². The Kier molecular flexibility index (Phi) is 5.63. The number of fused-ring (bicyclic) bond motifs is 1. The lowest BCUT2D eigenvalue weighted by atomic mass is 9.81. The fraction of sp³-hybridized carbons (Fsp3) is 0.136. The third kappa shape index (κ3) is 4.47. The highest BCUT2D eigenvalue weighted by atomic mass is 32.2. The molecule has 5 nitrogen and oxygen atoms in total. The molecule has 1 aliphatic heterocycles. The van der Waals surface area contributed by atoms with Gasteiger partial charge in [0, 0.05) is 17.3 Å². The first kappa shape index (κ1) is 19.8. The van der Waals surface area contributed by atoms with E-state index in [0.29, 0.717) is 5.69 Å². The Morgan fingerprint density at radius 2 is 1.71 bits per heavy atom. The van der Waals surface area contributed by atoms with Crippen LogP contribution >= 0.6 is 0 Å². The monoisotopic (exact) mass is 394 g/mol. The molecule has 0 radical (unpaired) electrons. The number of nitrogens with zero attached hydrogens (tertiary/aromatic N) is 1. The zero-order valence-electron chi connectivity index (χ0n) is 15.7. The standard InChI is InChI=1S/C22H22N2O3S/c1-22(2)19-16-18(28(25,26)27)13-14-20(19)24-21(22)12-8-3-4-9-15-23-17-10-6-5-7-11-17/h3-16,23H,1-2H3,(H,25,26,27)/b4-3+,12-8+,15-9+. The minimum Gasteiger partial charge on any atom is -0.362 e. The second kappa shape index (κ2) is 7.96. The lowest BCUT2D eigenvalue weighted by molar-refractivity contribution is 0.483. The van der Waals surface area contributed by atoms with Gasteiger partial charge in [0.2, 0.25) is 0 Å². The highest BCUT2D eigenvalue weighted by Gasteiger charge is 2.34. The Balaban J connectivity index is 1.66. The normalized spacial score (nSPS) is 16.0. The van der Waals surface area contributed by atoms with E-state index in [4.69, 9.17) is 0 Å². The predicted octanol–water partition coefficient (Wildman–Crippen LogP) is 5.04. The summed E-state index contributed by atoms with van der Waals surface area (Å²) in [7, 11) is -4.24. The maximum Gasteiger partial charge on any atom is 0.294 e. The summed E-state index contributed by atoms with van der Waals surface area (Å²) in [6, 6.07) is 14.3. The van der Waals surface area contributed by atoms with E-state index >= 15 is 0 Å². The first-order valence-corrected chi connectivity index (χ1v) is 10.3. The van der Waals surface area contributed by atoms with Gasteiger partial charge in [-0.25, -0.2) is 0 Å². The van der Waals surface area contributed by atoms with Gasteiger partial charge in [-0.3, -0.25) is 9.55 Å². The SMILES string of the molecule is CC1(C)C(/C=C/C=C/C=C/Nc2ccccc2)=Nc2ccc(S(=O)(=O)O)cc21. The summed E-state index contributed by atoms with van der Waals surface area (Å²) < 4.78 is 32.1. The van der Waals surface area contributed by atoms with Crippen LogP contribution in [0.3, 0.4) is 0 Å². The van der Waals surface area contributed by atoms with Gasteiger partial charge in [0.1, 0.15) is 0 Å². The highest BCUT2D eigenvalue weighted by molar-refractivity contribution is 7.85. The molecule has 0 fully saturated rings. The molecule has 144 valence electrons. The number of hydrogen-bond acceptors (Lipinski definition) is 4. The number of nitrogens with one attached hydrogen (secondary N) is 1. The number of rotatable bonds is 6. The van der Waals surface area contributed by atoms with Crippen LogP contribution in [0.25, 0.3) is 0 Å². The minimum atomic E-state index is -4.24. The van der Waals surface area contributed by atoms with Crippen molar-refractivity contribution in [1.29, 1.82) is 0 Å². The lowest BCUT2D eigenvalue weighted by Gasteiger charge is -2.20. The predicted molar refractivity (Wildman–Crippen MR) is 114 cm³/mol. The van der Waals surface area contributed by atoms with Gasteiger partial charge >= 0.3 is 0 Å². The molecule has 0 aromatic heterocycles. The van der Waals surface area contributed by atoms with Crippen LogP contribution in [-0.4, -0.2) is 18.7 Å². The molecule has 0 aliphatic carbocycles. The first-order chi connectivity index (χ1) is 13.3. The van der Waals surface area contributed by atoms with Crippen LogP contribution in [0.2, 0.25) is 0 Å². The van der Waals surface area contributed by atoms with E-state index in [9.17, 15) is 13.0 Å². The van der Waals surface area contributed by atoms with Crippen molar-refractivity contribution in [3.05, 3.63) is 90.7 Å². The second-order valence-electron chi connectivity index (χ2n) is 6.89. The van der Waals surface area contributed by atoms with Gasteiger partial charge < -0.3 is 5.32 Å². The summed E-state index contributed by atoms with van der Waals surface area (Å²) in [6.07, 6.45) is 11.3. The molecule has 0 saturated carbocycles. The summed E-state index contributed by atoms with van der Waals surface area (Å²) in [4.78, 5) is 4.48. The molecule has 0 unspecified atom stereocenters. The average molecular weight is 394 g/mol. The topological polar surface area (TPSA) is 78.8 Å². The van der Waals surface area contributed by atoms with E-state index in [-0.39, 0.29) is 4.90 Å². The molecule has 2 N–H and O–H groups in total. The molecule has 28 heavy (non-hydrogen) atoms. The van der Waals surface area contributed by atoms with E-state index in [0.717, 1.165) is 17.0 Å². The van der Waals surface area contributed by atoms with Gasteiger partial charge in [0.15, 0.2) is 0 Å². The van der Waals surface area contributed by atoms with E-state index in [2.05, 4.69) is 10.3 Å². The molecule has 2 aromatic rings. The molecule has 0 saturated heterocycles. The van der Waals surface area contributed by atoms with Crippen molar-refractivity contribution in [2.75, 3.05) is 5.32 Å². The maximum absolute atomic E-state index is 11.4. The summed E-state index contributed by atoms with van der Waals surface area (Å²) in [5, 5.41) is 3.17. The largest absolute Gasteiger partial charge is 0.362 e. The number of aliphatic imine (C=N–C) groups is 1. The molecule has 0 bridgehead atoms. The van der Waals surface area contributed by atoms with Crippen molar-refractivity contribution in [1.82, 2.24) is 0 Å². The van der Waals surface area contributed by atoms with Crippen molar-refractivity contribution in [2.24, 2.45) is 4.99 Å². The van der Waals surface area contributed by atoms with Gasteiger partial charge in [-0.1, -0.05) is 50.3 Å². The van der Waals surface area contributed by atoms with E-state index in [1.54, 1.807) is 6.07 Å². The van der Waals surface area contributed by atoms with Gasteiger partial charge in [-0.05, 0) is 48.0 Å². The van der Waals surface area contributed by atoms with Crippen LogP contribution in [0, 0.1) is 0 Å². The Morgan fingerprint density at radius 3 is 2.43 bits per heavy atom. The fourth-order valence-electron chi connectivity index (χ4n) is 2.94. The molecule has 0 amide bonds. The molecule has 0 spiro atoms. The summed E-state index contributed by atoms with van der Waals surface area (Å²) >= 11 is 0. The first-order valence-electron chi connectivity index (χ1n) is 8.81. The Hall–Kier alpha value is -2.96. The van der Waals surface area contributed by atoms with Crippen LogP contribution in [0.4, 0.5) is 11.4 Å². The van der Waals surface area contributed by atoms with Crippen LogP contribution in [0.1, 0.15) is 19.4 Å². The Bertz CT molecular complexity index is 1080. The smallest absolute Gasteiger partial charge is 0.294 e. The molecule has 6 heteroatoms. The van der Waals surface area contributed by atoms with Crippen LogP contribution < -0.4 is 5.32 Å². The second-order valence-corrected chi connectivity index (χ2v) is 8.31. The van der Waals surface area contributed by atoms with Crippen molar-refractivity contribution >= 4 is 27.2 Å². The lowest BCUT2D eigenvalue weighted by Crippen LogP contribution is -2.24. The molecular weight excluding hydrogens is 372 g/mol. The van der Waals surface area contributed by atoms with E-state index in [1.165, 1.54) is 12.1 Å². The van der Waals surface area contributed by atoms with Gasteiger partial charge in [0.25, 0.3) is 10.1 Å². The van der Waals surface area contributed by atoms with Crippen molar-refractivity contribution in [3.8, 4) is 0 Å². The van der Waals surface area contributed by atoms with Crippen LogP contribution in [0.15, 0.2) is 95.0 Å². The minimum absolute atomic E-state index is 0.115. The van der Waals surface area contributed by atoms with Gasteiger partial charge in [-0.15, -0.1) is 0 Å². The molecule has 1 heterocycles. The molecule has 0 atom stereocenters. The van der Waals surface area contributed by atoms with Crippen LogP contribution in [0.5, 0.6) is 0 Å². The molecular formula is C22H22N2O3S. The fourth-order valence-corrected chi connectivity index (χ4v) is 3.44. The zero-order chi connectivity index (χ0) is 20.2. The number of hydrogen-bond donors (Lipinski definition) is 2. The third-order valence-electron chi connectivity index (χ3n) is 4.53. The number of allylic oxidation sites excluding steroid dienone is 5. The average Bonchev–Trinajstić information content (AvgIpc) is 2.91. The molecule has 3 rings (SSSR count). The Labute approximate surface area is 165 Å². The Morgan fingerprint density at radius 1 is 1.00 bits per heavy atom. The summed E-state index contributed by atoms with van der Waals surface area (Å²) in [5.41, 5.74) is 2.88. The van der Waals surface area contributed by atoms with E-state index in [1.807, 2.05) is 80.8 Å². The molecule has 2 aromatic carbocycles. The zero-order valence-corrected chi connectivity index (χ0v) is 16.5. The number of para-hydroxylation sites is 1. The molecule has 1 aliphatic rings. The number of anilines is 1. The summed E-state index contributed by atoms with van der Waals surface area (Å²) in [6.45, 7) is 3.95. The number of benzene rings is 2. The van der Waals surface area contributed by atoms with Gasteiger partial charge in [-0.2, -0.15) is 8.42 Å². The third-order valence-corrected chi connectivity index (χ3v) is 5.38.